The smallest absolute Gasteiger partial charge is 0.303 e. The maximum absolute atomic E-state index is 10.3. The number of rotatable bonds is 14. The summed E-state index contributed by atoms with van der Waals surface area (Å²) in [5, 5.41) is 11.8. The van der Waals surface area contributed by atoms with Crippen LogP contribution in [0.5, 0.6) is 0 Å². The highest BCUT2D eigenvalue weighted by Crippen LogP contribution is 2.09. The van der Waals surface area contributed by atoms with Crippen molar-refractivity contribution >= 4 is 5.97 Å². The number of carboxylic acids is 1. The number of aliphatic carboxylic acids is 1. The summed E-state index contributed by atoms with van der Waals surface area (Å²) in [6.45, 7) is 4.13. The van der Waals surface area contributed by atoms with Crippen LogP contribution in [0, 0.1) is 0 Å². The lowest BCUT2D eigenvalue weighted by Crippen LogP contribution is -2.17. The molecule has 0 heterocycles. The molecule has 0 aliphatic rings. The highest BCUT2D eigenvalue weighted by molar-refractivity contribution is 5.66. The van der Waals surface area contributed by atoms with Gasteiger partial charge in [-0.2, -0.15) is 0 Å². The number of hydrogen-bond acceptors (Lipinski definition) is 2. The van der Waals surface area contributed by atoms with E-state index in [4.69, 9.17) is 5.11 Å². The zero-order valence-electron chi connectivity index (χ0n) is 12.0. The van der Waals surface area contributed by atoms with E-state index in [2.05, 4.69) is 12.2 Å². The number of carbonyl (C=O) groups is 1. The van der Waals surface area contributed by atoms with Crippen LogP contribution in [-0.2, 0) is 4.79 Å². The molecular weight excluding hydrogens is 226 g/mol. The predicted molar refractivity (Wildman–Crippen MR) is 77.0 cm³/mol. The second-order valence-corrected chi connectivity index (χ2v) is 5.08. The molecule has 0 aromatic rings. The zero-order valence-corrected chi connectivity index (χ0v) is 12.0. The summed E-state index contributed by atoms with van der Waals surface area (Å²) in [6, 6.07) is 0. The van der Waals surface area contributed by atoms with Gasteiger partial charge >= 0.3 is 5.97 Å². The molecule has 0 atom stereocenters. The summed E-state index contributed by atoms with van der Waals surface area (Å²) >= 11 is 0. The molecule has 0 bridgehead atoms. The fourth-order valence-corrected chi connectivity index (χ4v) is 2.05. The van der Waals surface area contributed by atoms with Gasteiger partial charge in [0.15, 0.2) is 0 Å². The van der Waals surface area contributed by atoms with Crippen LogP contribution in [-0.4, -0.2) is 24.2 Å². The third-order valence-corrected chi connectivity index (χ3v) is 3.20. The van der Waals surface area contributed by atoms with Crippen molar-refractivity contribution < 1.29 is 9.90 Å². The van der Waals surface area contributed by atoms with E-state index in [1.54, 1.807) is 0 Å². The Kier molecular flexibility index (Phi) is 14.0. The van der Waals surface area contributed by atoms with E-state index in [1.165, 1.54) is 57.8 Å². The van der Waals surface area contributed by atoms with E-state index in [9.17, 15) is 4.79 Å². The summed E-state index contributed by atoms with van der Waals surface area (Å²) in [5.41, 5.74) is 0. The zero-order chi connectivity index (χ0) is 13.5. The van der Waals surface area contributed by atoms with Crippen LogP contribution in [0.25, 0.3) is 0 Å². The summed E-state index contributed by atoms with van der Waals surface area (Å²) in [5.74, 6) is -0.695. The molecule has 18 heavy (non-hydrogen) atoms. The van der Waals surface area contributed by atoms with Gasteiger partial charge < -0.3 is 10.4 Å². The van der Waals surface area contributed by atoms with Crippen LogP contribution in [0.2, 0.25) is 0 Å². The van der Waals surface area contributed by atoms with Crippen LogP contribution < -0.4 is 5.32 Å². The summed E-state index contributed by atoms with van der Waals surface area (Å²) in [6.07, 6.45) is 13.2. The third kappa shape index (κ3) is 15.4. The van der Waals surface area contributed by atoms with Gasteiger partial charge in [-0.1, -0.05) is 58.3 Å². The van der Waals surface area contributed by atoms with Gasteiger partial charge in [0.1, 0.15) is 0 Å². The van der Waals surface area contributed by atoms with Gasteiger partial charge in [-0.25, -0.2) is 0 Å². The van der Waals surface area contributed by atoms with E-state index < -0.39 is 5.97 Å². The third-order valence-electron chi connectivity index (χ3n) is 3.20. The monoisotopic (exact) mass is 257 g/mol. The van der Waals surface area contributed by atoms with Crippen LogP contribution in [0.15, 0.2) is 0 Å². The van der Waals surface area contributed by atoms with Gasteiger partial charge in [0.25, 0.3) is 0 Å². The Morgan fingerprint density at radius 1 is 0.833 bits per heavy atom. The first-order valence-corrected chi connectivity index (χ1v) is 7.70. The van der Waals surface area contributed by atoms with Crippen molar-refractivity contribution in [3.8, 4) is 0 Å². The molecule has 3 nitrogen and oxygen atoms in total. The van der Waals surface area contributed by atoms with Gasteiger partial charge in [0.2, 0.25) is 0 Å². The minimum atomic E-state index is -0.695. The average Bonchev–Trinajstić information content (AvgIpc) is 2.34. The molecule has 0 aromatic carbocycles. The molecule has 2 N–H and O–H groups in total. The minimum absolute atomic E-state index is 0.282. The highest BCUT2D eigenvalue weighted by atomic mass is 16.4. The highest BCUT2D eigenvalue weighted by Gasteiger charge is 1.95. The molecule has 0 fully saturated rings. The number of hydrogen-bond donors (Lipinski definition) is 2. The molecule has 0 unspecified atom stereocenters. The maximum Gasteiger partial charge on any atom is 0.303 e. The minimum Gasteiger partial charge on any atom is -0.481 e. The van der Waals surface area contributed by atoms with Crippen molar-refractivity contribution in [2.24, 2.45) is 0 Å². The van der Waals surface area contributed by atoms with Crippen molar-refractivity contribution in [3.63, 3.8) is 0 Å². The molecule has 0 radical (unpaired) electrons. The van der Waals surface area contributed by atoms with Gasteiger partial charge in [-0.05, 0) is 25.9 Å². The lowest BCUT2D eigenvalue weighted by atomic mass is 10.1. The Bertz CT molecular complexity index is 183. The second-order valence-electron chi connectivity index (χ2n) is 5.08. The van der Waals surface area contributed by atoms with E-state index in [-0.39, 0.29) is 6.42 Å². The first kappa shape index (κ1) is 17.4. The number of unbranched alkanes of at least 4 members (excludes halogenated alkanes) is 8. The van der Waals surface area contributed by atoms with Crippen LogP contribution >= 0.6 is 0 Å². The Morgan fingerprint density at radius 3 is 1.89 bits per heavy atom. The molecule has 108 valence electrons. The average molecular weight is 257 g/mol. The molecule has 0 aliphatic carbocycles. The van der Waals surface area contributed by atoms with Crippen LogP contribution in [0.4, 0.5) is 0 Å². The first-order valence-electron chi connectivity index (χ1n) is 7.70. The summed E-state index contributed by atoms with van der Waals surface area (Å²) < 4.78 is 0. The van der Waals surface area contributed by atoms with E-state index in [0.29, 0.717) is 0 Å². The molecule has 0 aromatic heterocycles. The lowest BCUT2D eigenvalue weighted by molar-refractivity contribution is -0.137. The molecule has 0 rings (SSSR count). The topological polar surface area (TPSA) is 49.3 Å². The van der Waals surface area contributed by atoms with E-state index in [0.717, 1.165) is 19.5 Å². The van der Waals surface area contributed by atoms with Gasteiger partial charge in [-0.3, -0.25) is 4.79 Å². The molecule has 3 heteroatoms. The fourth-order valence-electron chi connectivity index (χ4n) is 2.05. The van der Waals surface area contributed by atoms with Crippen molar-refractivity contribution in [3.05, 3.63) is 0 Å². The number of carboxylic acid groups (broad SMARTS) is 1. The van der Waals surface area contributed by atoms with Crippen molar-refractivity contribution in [2.45, 2.75) is 77.6 Å². The van der Waals surface area contributed by atoms with Gasteiger partial charge in [0.05, 0.1) is 0 Å². The molecule has 0 aliphatic heterocycles. The van der Waals surface area contributed by atoms with Crippen LogP contribution in [0.3, 0.4) is 0 Å². The second kappa shape index (κ2) is 14.5. The first-order chi connectivity index (χ1) is 8.77. The van der Waals surface area contributed by atoms with E-state index >= 15 is 0 Å². The Balaban J connectivity index is 2.92. The van der Waals surface area contributed by atoms with Crippen molar-refractivity contribution in [2.75, 3.05) is 13.1 Å². The van der Waals surface area contributed by atoms with Crippen molar-refractivity contribution in [1.82, 2.24) is 5.32 Å². The van der Waals surface area contributed by atoms with Gasteiger partial charge in [0, 0.05) is 6.42 Å². The molecule has 0 spiro atoms. The lowest BCUT2D eigenvalue weighted by Gasteiger charge is -2.04. The number of nitrogens with one attached hydrogen (secondary N) is 1. The largest absolute Gasteiger partial charge is 0.481 e. The normalized spacial score (nSPS) is 10.7. The van der Waals surface area contributed by atoms with Crippen molar-refractivity contribution in [1.29, 1.82) is 0 Å². The van der Waals surface area contributed by atoms with Crippen LogP contribution in [0.1, 0.15) is 77.6 Å². The predicted octanol–water partition coefficient (Wildman–Crippen LogP) is 3.97. The Morgan fingerprint density at radius 2 is 1.33 bits per heavy atom. The Hall–Kier alpha value is -0.570. The molecular formula is C15H31NO2. The van der Waals surface area contributed by atoms with E-state index in [1.807, 2.05) is 0 Å². The molecule has 0 saturated carbocycles. The summed E-state index contributed by atoms with van der Waals surface area (Å²) in [7, 11) is 0. The molecule has 0 saturated heterocycles. The maximum atomic E-state index is 10.3. The molecule has 0 amide bonds. The fraction of sp³-hybridized carbons (Fsp3) is 0.933. The van der Waals surface area contributed by atoms with Gasteiger partial charge in [-0.15, -0.1) is 0 Å². The standard InChI is InChI=1S/C15H31NO2/c1-2-3-4-5-6-7-8-9-10-13-16-14-11-12-15(17)18/h16H,2-14H2,1H3,(H,17,18). The SMILES string of the molecule is CCCCCCCCCCCNCCCC(=O)O. The quantitative estimate of drug-likeness (QED) is 0.463. The Labute approximate surface area is 112 Å². The summed E-state index contributed by atoms with van der Waals surface area (Å²) in [4.78, 5) is 10.3.